The van der Waals surface area contributed by atoms with Gasteiger partial charge < -0.3 is 30.3 Å². The van der Waals surface area contributed by atoms with Gasteiger partial charge in [0.1, 0.15) is 11.6 Å². The van der Waals surface area contributed by atoms with Crippen molar-refractivity contribution < 1.29 is 28.2 Å². The third-order valence-corrected chi connectivity index (χ3v) is 6.91. The number of piperidine rings is 1. The minimum absolute atomic E-state index is 0. The van der Waals surface area contributed by atoms with Crippen molar-refractivity contribution in [2.75, 3.05) is 39.8 Å². The van der Waals surface area contributed by atoms with Crippen LogP contribution in [0.25, 0.3) is 0 Å². The number of carbonyl (C=O) groups is 3. The fourth-order valence-corrected chi connectivity index (χ4v) is 4.76. The Morgan fingerprint density at radius 1 is 1.03 bits per heavy atom. The first-order valence-corrected chi connectivity index (χ1v) is 13.1. The summed E-state index contributed by atoms with van der Waals surface area (Å²) in [6.07, 6.45) is 2.85. The predicted molar refractivity (Wildman–Crippen MR) is 147 cm³/mol. The van der Waals surface area contributed by atoms with Crippen LogP contribution in [0.2, 0.25) is 0 Å². The van der Waals surface area contributed by atoms with Gasteiger partial charge in [-0.1, -0.05) is 6.07 Å². The smallest absolute Gasteiger partial charge is 0.251 e. The van der Waals surface area contributed by atoms with Crippen LogP contribution in [-0.4, -0.2) is 62.5 Å². The molecule has 3 N–H and O–H groups in total. The number of benzene rings is 2. The van der Waals surface area contributed by atoms with Gasteiger partial charge in [0.25, 0.3) is 5.91 Å². The summed E-state index contributed by atoms with van der Waals surface area (Å²) < 4.78 is 26.1. The molecule has 3 amide bonds. The monoisotopic (exact) mass is 562 g/mol. The molecule has 212 valence electrons. The highest BCUT2D eigenvalue weighted by Crippen LogP contribution is 2.34. The molecule has 0 atom stereocenters. The van der Waals surface area contributed by atoms with Crippen LogP contribution in [0.1, 0.15) is 48.0 Å². The molecule has 0 radical (unpaired) electrons. The fraction of sp³-hybridized carbons (Fsp3) is 0.464. The van der Waals surface area contributed by atoms with E-state index in [1.165, 1.54) is 19.2 Å². The van der Waals surface area contributed by atoms with E-state index in [4.69, 9.17) is 9.47 Å². The van der Waals surface area contributed by atoms with Crippen molar-refractivity contribution in [2.24, 2.45) is 5.92 Å². The number of rotatable bonds is 2. The molecule has 1 saturated heterocycles. The molecule has 0 spiro atoms. The molecule has 3 heterocycles. The topological polar surface area (TPSA) is 109 Å². The number of methoxy groups -OCH3 is 1. The SMILES string of the molecule is COc1cc2ccc1Oc1cccc(F)c1CNC(=O)CCCN(C(=O)C1CCNCC1)CCCNC2=O.Cl. The lowest BCUT2D eigenvalue weighted by molar-refractivity contribution is -0.136. The number of ether oxygens (including phenoxy) is 2. The van der Waals surface area contributed by atoms with E-state index in [2.05, 4.69) is 16.0 Å². The van der Waals surface area contributed by atoms with E-state index in [0.29, 0.717) is 49.5 Å². The second-order valence-corrected chi connectivity index (χ2v) is 9.52. The summed E-state index contributed by atoms with van der Waals surface area (Å²) in [6, 6.07) is 9.19. The standard InChI is InChI=1S/C28H35FN4O5.ClH/c1-37-25-17-20-8-9-24(25)38-23-6-2-5-22(29)21(23)18-32-26(34)7-3-15-33(16-4-12-31-27(20)35)28(36)19-10-13-30-14-11-19;/h2,5-6,8-9,17,19,30H,3-4,7,10-16,18H2,1H3,(H,31,35)(H,32,34);1H. The number of hydrogen-bond donors (Lipinski definition) is 3. The molecule has 0 saturated carbocycles. The molecule has 0 aromatic heterocycles. The van der Waals surface area contributed by atoms with Crippen molar-refractivity contribution in [1.29, 1.82) is 0 Å². The summed E-state index contributed by atoms with van der Waals surface area (Å²) in [5, 5.41) is 8.95. The highest BCUT2D eigenvalue weighted by molar-refractivity contribution is 5.94. The molecule has 0 unspecified atom stereocenters. The Bertz CT molecular complexity index is 1160. The van der Waals surface area contributed by atoms with Gasteiger partial charge in [0.15, 0.2) is 11.5 Å². The molecule has 39 heavy (non-hydrogen) atoms. The summed E-state index contributed by atoms with van der Waals surface area (Å²) in [7, 11) is 1.46. The van der Waals surface area contributed by atoms with Crippen LogP contribution >= 0.6 is 12.4 Å². The molecule has 0 aliphatic carbocycles. The number of nitrogens with zero attached hydrogens (tertiary/aromatic N) is 1. The van der Waals surface area contributed by atoms with Crippen molar-refractivity contribution in [2.45, 2.75) is 38.6 Å². The van der Waals surface area contributed by atoms with E-state index in [1.807, 2.05) is 4.90 Å². The van der Waals surface area contributed by atoms with Crippen molar-refractivity contribution >= 4 is 30.1 Å². The lowest BCUT2D eigenvalue weighted by Crippen LogP contribution is -2.42. The fourth-order valence-electron chi connectivity index (χ4n) is 4.76. The molecular weight excluding hydrogens is 527 g/mol. The van der Waals surface area contributed by atoms with E-state index in [0.717, 1.165) is 25.9 Å². The molecule has 9 nitrogen and oxygen atoms in total. The Kier molecular flexibility index (Phi) is 11.4. The first-order valence-electron chi connectivity index (χ1n) is 13.1. The van der Waals surface area contributed by atoms with Gasteiger partial charge in [-0.25, -0.2) is 4.39 Å². The molecule has 2 aromatic rings. The van der Waals surface area contributed by atoms with E-state index in [1.54, 1.807) is 24.3 Å². The van der Waals surface area contributed by atoms with Crippen molar-refractivity contribution in [3.05, 3.63) is 53.3 Å². The van der Waals surface area contributed by atoms with Crippen molar-refractivity contribution in [3.8, 4) is 17.2 Å². The molecule has 5 rings (SSSR count). The van der Waals surface area contributed by atoms with Crippen LogP contribution in [0.4, 0.5) is 4.39 Å². The number of amides is 3. The molecule has 2 aromatic carbocycles. The second kappa shape index (κ2) is 14.7. The Hall–Kier alpha value is -3.37. The summed E-state index contributed by atoms with van der Waals surface area (Å²) in [6.45, 7) is 2.89. The average Bonchev–Trinajstić information content (AvgIpc) is 2.93. The first-order chi connectivity index (χ1) is 18.5. The average molecular weight is 563 g/mol. The zero-order chi connectivity index (χ0) is 26.9. The highest BCUT2D eigenvalue weighted by atomic mass is 35.5. The van der Waals surface area contributed by atoms with Gasteiger partial charge in [0.05, 0.1) is 7.11 Å². The molecule has 3 aliphatic heterocycles. The maximum absolute atomic E-state index is 14.7. The molecule has 1 fully saturated rings. The second-order valence-electron chi connectivity index (χ2n) is 9.52. The van der Waals surface area contributed by atoms with Crippen LogP contribution < -0.4 is 25.4 Å². The van der Waals surface area contributed by atoms with Crippen LogP contribution in [0.5, 0.6) is 17.2 Å². The third-order valence-electron chi connectivity index (χ3n) is 6.91. The lowest BCUT2D eigenvalue weighted by Gasteiger charge is -2.30. The maximum Gasteiger partial charge on any atom is 0.251 e. The maximum atomic E-state index is 14.7. The lowest BCUT2D eigenvalue weighted by atomic mass is 9.96. The van der Waals surface area contributed by atoms with Gasteiger partial charge in [0, 0.05) is 49.6 Å². The Morgan fingerprint density at radius 2 is 1.79 bits per heavy atom. The Balaban J connectivity index is 0.00000420. The van der Waals surface area contributed by atoms with Crippen LogP contribution in [0.15, 0.2) is 36.4 Å². The van der Waals surface area contributed by atoms with E-state index >= 15 is 0 Å². The first kappa shape index (κ1) is 30.2. The van der Waals surface area contributed by atoms with Gasteiger partial charge in [-0.05, 0) is 69.1 Å². The number of halogens is 2. The minimum Gasteiger partial charge on any atom is -0.493 e. The molecule has 11 heteroatoms. The van der Waals surface area contributed by atoms with E-state index in [9.17, 15) is 18.8 Å². The zero-order valence-corrected chi connectivity index (χ0v) is 22.9. The Labute approximate surface area is 234 Å². The summed E-state index contributed by atoms with van der Waals surface area (Å²) in [5.74, 6) is -0.101. The largest absolute Gasteiger partial charge is 0.493 e. The highest BCUT2D eigenvalue weighted by Gasteiger charge is 2.26. The normalized spacial score (nSPS) is 17.7. The summed E-state index contributed by atoms with van der Waals surface area (Å²) >= 11 is 0. The summed E-state index contributed by atoms with van der Waals surface area (Å²) in [5.41, 5.74) is 0.590. The Morgan fingerprint density at radius 3 is 2.56 bits per heavy atom. The van der Waals surface area contributed by atoms with Gasteiger partial charge in [-0.2, -0.15) is 0 Å². The molecular formula is C28H36ClFN4O5. The van der Waals surface area contributed by atoms with Gasteiger partial charge in [-0.3, -0.25) is 14.4 Å². The van der Waals surface area contributed by atoms with Crippen molar-refractivity contribution in [3.63, 3.8) is 0 Å². The van der Waals surface area contributed by atoms with E-state index in [-0.39, 0.29) is 60.3 Å². The number of hydrogen-bond acceptors (Lipinski definition) is 6. The van der Waals surface area contributed by atoms with Crippen LogP contribution in [0, 0.1) is 11.7 Å². The number of carbonyl (C=O) groups excluding carboxylic acids is 3. The van der Waals surface area contributed by atoms with Gasteiger partial charge in [-0.15, -0.1) is 12.4 Å². The number of nitrogens with one attached hydrogen (secondary N) is 3. The quantitative estimate of drug-likeness (QED) is 0.518. The predicted octanol–water partition coefficient (Wildman–Crippen LogP) is 3.41. The zero-order valence-electron chi connectivity index (χ0n) is 22.1. The van der Waals surface area contributed by atoms with Crippen molar-refractivity contribution in [1.82, 2.24) is 20.9 Å². The molecule has 2 bridgehead atoms. The minimum atomic E-state index is -0.512. The third kappa shape index (κ3) is 8.06. The van der Waals surface area contributed by atoms with Gasteiger partial charge >= 0.3 is 0 Å². The number of fused-ring (bicyclic) bond motifs is 13. The van der Waals surface area contributed by atoms with Gasteiger partial charge in [0.2, 0.25) is 11.8 Å². The van der Waals surface area contributed by atoms with E-state index < -0.39 is 5.82 Å². The molecule has 3 aliphatic rings. The summed E-state index contributed by atoms with van der Waals surface area (Å²) in [4.78, 5) is 40.4. The van der Waals surface area contributed by atoms with Crippen LogP contribution in [-0.2, 0) is 16.1 Å². The van der Waals surface area contributed by atoms with Crippen LogP contribution in [0.3, 0.4) is 0 Å².